The van der Waals surface area contributed by atoms with Gasteiger partial charge in [-0.2, -0.15) is 0 Å². The third-order valence-corrected chi connectivity index (χ3v) is 4.67. The Morgan fingerprint density at radius 2 is 1.79 bits per heavy atom. The van der Waals surface area contributed by atoms with Crippen molar-refractivity contribution in [3.8, 4) is 17.5 Å². The number of benzene rings is 1. The second-order valence-corrected chi connectivity index (χ2v) is 6.58. The number of hydrogen-bond donors (Lipinski definition) is 1. The van der Waals surface area contributed by atoms with Crippen molar-refractivity contribution in [1.29, 1.82) is 0 Å². The standard InChI is InChI=1S/C21H25N3O4/c1-26-18-10-4-15(14-19(18)27-2)5-11-20(25)24-16-6-8-17(9-7-16)28-21-22-12-3-13-23-21/h3-5,10-14,16-17H,6-9H2,1-2H3,(H,24,25)/b11-5+. The van der Waals surface area contributed by atoms with Crippen LogP contribution < -0.4 is 19.5 Å². The summed E-state index contributed by atoms with van der Waals surface area (Å²) < 4.78 is 16.3. The lowest BCUT2D eigenvalue weighted by molar-refractivity contribution is -0.117. The molecule has 2 aromatic rings. The Morgan fingerprint density at radius 3 is 2.46 bits per heavy atom. The highest BCUT2D eigenvalue weighted by molar-refractivity contribution is 5.92. The molecule has 148 valence electrons. The minimum absolute atomic E-state index is 0.0952. The lowest BCUT2D eigenvalue weighted by atomic mass is 9.93. The molecule has 7 nitrogen and oxygen atoms in total. The van der Waals surface area contributed by atoms with Gasteiger partial charge in [0.15, 0.2) is 11.5 Å². The normalized spacial score (nSPS) is 19.2. The summed E-state index contributed by atoms with van der Waals surface area (Å²) in [5, 5.41) is 3.06. The highest BCUT2D eigenvalue weighted by atomic mass is 16.5. The largest absolute Gasteiger partial charge is 0.493 e. The first-order valence-corrected chi connectivity index (χ1v) is 9.32. The minimum Gasteiger partial charge on any atom is -0.493 e. The van der Waals surface area contributed by atoms with Gasteiger partial charge in [0.1, 0.15) is 6.10 Å². The molecule has 3 rings (SSSR count). The van der Waals surface area contributed by atoms with Crippen molar-refractivity contribution in [2.24, 2.45) is 0 Å². The van der Waals surface area contributed by atoms with Gasteiger partial charge in [-0.15, -0.1) is 0 Å². The van der Waals surface area contributed by atoms with Gasteiger partial charge in [-0.05, 0) is 55.5 Å². The Hall–Kier alpha value is -3.09. The van der Waals surface area contributed by atoms with Crippen molar-refractivity contribution in [2.75, 3.05) is 14.2 Å². The summed E-state index contributed by atoms with van der Waals surface area (Å²) in [6.07, 6.45) is 10.2. The second kappa shape index (κ2) is 9.73. The molecule has 1 saturated carbocycles. The van der Waals surface area contributed by atoms with Crippen molar-refractivity contribution in [3.63, 3.8) is 0 Å². The van der Waals surface area contributed by atoms with Crippen LogP contribution in [0, 0.1) is 0 Å². The first kappa shape index (κ1) is 19.7. The Kier molecular flexibility index (Phi) is 6.84. The van der Waals surface area contributed by atoms with Crippen LogP contribution in [-0.4, -0.2) is 42.2 Å². The van der Waals surface area contributed by atoms with Crippen molar-refractivity contribution in [3.05, 3.63) is 48.3 Å². The minimum atomic E-state index is -0.106. The van der Waals surface area contributed by atoms with E-state index in [4.69, 9.17) is 14.2 Å². The number of carbonyl (C=O) groups is 1. The first-order valence-electron chi connectivity index (χ1n) is 9.32. The Balaban J connectivity index is 1.46. The molecular weight excluding hydrogens is 358 g/mol. The van der Waals surface area contributed by atoms with E-state index in [0.717, 1.165) is 31.2 Å². The van der Waals surface area contributed by atoms with E-state index in [0.29, 0.717) is 17.5 Å². The zero-order chi connectivity index (χ0) is 19.8. The van der Waals surface area contributed by atoms with Gasteiger partial charge in [0, 0.05) is 24.5 Å². The third-order valence-electron chi connectivity index (χ3n) is 4.67. The quantitative estimate of drug-likeness (QED) is 0.740. The molecular formula is C21H25N3O4. The fourth-order valence-electron chi connectivity index (χ4n) is 3.20. The zero-order valence-electron chi connectivity index (χ0n) is 16.1. The maximum Gasteiger partial charge on any atom is 0.316 e. The van der Waals surface area contributed by atoms with Crippen LogP contribution in [0.25, 0.3) is 6.08 Å². The van der Waals surface area contributed by atoms with E-state index in [9.17, 15) is 4.79 Å². The van der Waals surface area contributed by atoms with Gasteiger partial charge in [-0.3, -0.25) is 4.79 Å². The maximum atomic E-state index is 12.2. The molecule has 1 fully saturated rings. The molecule has 1 aromatic carbocycles. The Morgan fingerprint density at radius 1 is 1.07 bits per heavy atom. The van der Waals surface area contributed by atoms with E-state index in [-0.39, 0.29) is 18.1 Å². The summed E-state index contributed by atoms with van der Waals surface area (Å²) in [5.41, 5.74) is 0.868. The number of hydrogen-bond acceptors (Lipinski definition) is 6. The van der Waals surface area contributed by atoms with Gasteiger partial charge in [0.25, 0.3) is 0 Å². The number of nitrogens with one attached hydrogen (secondary N) is 1. The molecule has 0 saturated heterocycles. The SMILES string of the molecule is COc1ccc(/C=C/C(=O)NC2CCC(Oc3ncccn3)CC2)cc1OC. The van der Waals surface area contributed by atoms with Crippen molar-refractivity contribution < 1.29 is 19.0 Å². The van der Waals surface area contributed by atoms with Crippen LogP contribution in [0.15, 0.2) is 42.7 Å². The average molecular weight is 383 g/mol. The van der Waals surface area contributed by atoms with Crippen molar-refractivity contribution >= 4 is 12.0 Å². The van der Waals surface area contributed by atoms with Crippen LogP contribution in [-0.2, 0) is 4.79 Å². The number of rotatable bonds is 7. The van der Waals surface area contributed by atoms with E-state index in [1.54, 1.807) is 44.8 Å². The van der Waals surface area contributed by atoms with E-state index < -0.39 is 0 Å². The summed E-state index contributed by atoms with van der Waals surface area (Å²) >= 11 is 0. The van der Waals surface area contributed by atoms with Crippen LogP contribution in [0.1, 0.15) is 31.2 Å². The average Bonchev–Trinajstić information content (AvgIpc) is 2.74. The molecule has 0 bridgehead atoms. The molecule has 1 heterocycles. The summed E-state index contributed by atoms with van der Waals surface area (Å²) in [6.45, 7) is 0. The summed E-state index contributed by atoms with van der Waals surface area (Å²) in [4.78, 5) is 20.4. The molecule has 0 atom stereocenters. The highest BCUT2D eigenvalue weighted by Gasteiger charge is 2.23. The molecule has 7 heteroatoms. The highest BCUT2D eigenvalue weighted by Crippen LogP contribution is 2.28. The second-order valence-electron chi connectivity index (χ2n) is 6.58. The summed E-state index contributed by atoms with van der Waals surface area (Å²) in [5.74, 6) is 1.18. The topological polar surface area (TPSA) is 82.6 Å². The smallest absolute Gasteiger partial charge is 0.316 e. The van der Waals surface area contributed by atoms with Gasteiger partial charge in [0.05, 0.1) is 14.2 Å². The van der Waals surface area contributed by atoms with Crippen LogP contribution in [0.3, 0.4) is 0 Å². The molecule has 1 amide bonds. The summed E-state index contributed by atoms with van der Waals surface area (Å²) in [6, 6.07) is 7.84. The third kappa shape index (κ3) is 5.45. The number of nitrogens with zero attached hydrogens (tertiary/aromatic N) is 2. The fraction of sp³-hybridized carbons (Fsp3) is 0.381. The van der Waals surface area contributed by atoms with Crippen molar-refractivity contribution in [2.45, 2.75) is 37.8 Å². The molecule has 28 heavy (non-hydrogen) atoms. The molecule has 1 N–H and O–H groups in total. The van der Waals surface area contributed by atoms with Crippen LogP contribution in [0.5, 0.6) is 17.5 Å². The number of aromatic nitrogens is 2. The molecule has 0 aliphatic heterocycles. The lowest BCUT2D eigenvalue weighted by Crippen LogP contribution is -2.39. The van der Waals surface area contributed by atoms with Gasteiger partial charge >= 0.3 is 6.01 Å². The summed E-state index contributed by atoms with van der Waals surface area (Å²) in [7, 11) is 3.18. The molecule has 1 aromatic heterocycles. The van der Waals surface area contributed by atoms with Gasteiger partial charge in [0.2, 0.25) is 5.91 Å². The van der Waals surface area contributed by atoms with Crippen LogP contribution >= 0.6 is 0 Å². The van der Waals surface area contributed by atoms with Gasteiger partial charge in [-0.1, -0.05) is 6.07 Å². The van der Waals surface area contributed by atoms with E-state index >= 15 is 0 Å². The molecule has 0 unspecified atom stereocenters. The monoisotopic (exact) mass is 383 g/mol. The Bertz CT molecular complexity index is 803. The van der Waals surface area contributed by atoms with Gasteiger partial charge in [-0.25, -0.2) is 9.97 Å². The van der Waals surface area contributed by atoms with Crippen LogP contribution in [0.4, 0.5) is 0 Å². The fourth-order valence-corrected chi connectivity index (χ4v) is 3.20. The Labute approximate surface area is 164 Å². The number of amides is 1. The number of methoxy groups -OCH3 is 2. The zero-order valence-corrected chi connectivity index (χ0v) is 16.1. The molecule has 0 radical (unpaired) electrons. The predicted octanol–water partition coefficient (Wildman–Crippen LogP) is 3.01. The lowest BCUT2D eigenvalue weighted by Gasteiger charge is -2.28. The molecule has 1 aliphatic carbocycles. The van der Waals surface area contributed by atoms with Crippen molar-refractivity contribution in [1.82, 2.24) is 15.3 Å². The van der Waals surface area contributed by atoms with E-state index in [1.807, 2.05) is 18.2 Å². The predicted molar refractivity (Wildman–Crippen MR) is 105 cm³/mol. The number of carbonyl (C=O) groups excluding carboxylic acids is 1. The number of ether oxygens (including phenoxy) is 3. The first-order chi connectivity index (χ1) is 13.7. The van der Waals surface area contributed by atoms with E-state index in [2.05, 4.69) is 15.3 Å². The van der Waals surface area contributed by atoms with E-state index in [1.165, 1.54) is 0 Å². The molecule has 0 spiro atoms. The van der Waals surface area contributed by atoms with Gasteiger partial charge < -0.3 is 19.5 Å². The molecule has 1 aliphatic rings. The maximum absolute atomic E-state index is 12.2. The van der Waals surface area contributed by atoms with Crippen LogP contribution in [0.2, 0.25) is 0 Å².